The predicted molar refractivity (Wildman–Crippen MR) is 112 cm³/mol. The molecule has 1 aliphatic rings. The first-order valence-electron chi connectivity index (χ1n) is 9.69. The summed E-state index contributed by atoms with van der Waals surface area (Å²) in [5, 5.41) is 3.43. The van der Waals surface area contributed by atoms with Gasteiger partial charge >= 0.3 is 5.97 Å². The number of nitrogens with one attached hydrogen (secondary N) is 1. The quantitative estimate of drug-likeness (QED) is 0.476. The van der Waals surface area contributed by atoms with Crippen LogP contribution in [0.1, 0.15) is 34.0 Å². The van der Waals surface area contributed by atoms with Gasteiger partial charge in [0.1, 0.15) is 5.58 Å². The minimum Gasteiger partial charge on any atom is -0.464 e. The fourth-order valence-corrected chi connectivity index (χ4v) is 3.35. The van der Waals surface area contributed by atoms with Gasteiger partial charge in [0.2, 0.25) is 6.79 Å². The minimum absolute atomic E-state index is 0.0223. The first-order valence-corrected chi connectivity index (χ1v) is 9.69. The highest BCUT2D eigenvalue weighted by Gasteiger charge is 2.21. The third-order valence-corrected chi connectivity index (χ3v) is 5.14. The largest absolute Gasteiger partial charge is 0.464 e. The molecular weight excluding hydrogens is 402 g/mol. The van der Waals surface area contributed by atoms with E-state index in [1.807, 2.05) is 26.0 Å². The molecule has 0 saturated heterocycles. The number of carbonyl (C=O) groups is 3. The normalized spacial score (nSPS) is 12.1. The number of anilines is 1. The van der Waals surface area contributed by atoms with Crippen molar-refractivity contribution in [2.24, 2.45) is 0 Å². The van der Waals surface area contributed by atoms with Crippen LogP contribution in [0, 0.1) is 13.8 Å². The molecule has 3 aromatic rings. The summed E-state index contributed by atoms with van der Waals surface area (Å²) >= 11 is 0. The number of hydrogen-bond donors (Lipinski definition) is 1. The Morgan fingerprint density at radius 3 is 2.48 bits per heavy atom. The van der Waals surface area contributed by atoms with E-state index >= 15 is 0 Å². The smallest absolute Gasteiger partial charge is 0.310 e. The first-order chi connectivity index (χ1) is 14.8. The molecule has 0 unspecified atom stereocenters. The van der Waals surface area contributed by atoms with E-state index in [4.69, 9.17) is 18.6 Å². The molecule has 160 valence electrons. The van der Waals surface area contributed by atoms with Crippen molar-refractivity contribution in [3.8, 4) is 11.5 Å². The number of furan rings is 1. The van der Waals surface area contributed by atoms with E-state index in [-0.39, 0.29) is 30.2 Å². The lowest BCUT2D eigenvalue weighted by molar-refractivity contribution is -0.146. The van der Waals surface area contributed by atoms with Gasteiger partial charge in [-0.15, -0.1) is 0 Å². The average Bonchev–Trinajstić information content (AvgIpc) is 3.33. The standard InChI is InChI=1S/C23H21NO7/c1-12-4-17-15(9-28-19(17)5-13(12)2)6-23(27)29-10-22(26)24-18-8-21-20(30-11-31-21)7-16(18)14(3)25/h4-5,7-9H,6,10-11H2,1-3H3,(H,24,26). The second-order valence-corrected chi connectivity index (χ2v) is 7.39. The highest BCUT2D eigenvalue weighted by atomic mass is 16.7. The Hall–Kier alpha value is -3.81. The Morgan fingerprint density at radius 1 is 1.03 bits per heavy atom. The van der Waals surface area contributed by atoms with E-state index in [9.17, 15) is 14.4 Å². The van der Waals surface area contributed by atoms with Crippen molar-refractivity contribution in [1.29, 1.82) is 0 Å². The van der Waals surface area contributed by atoms with Gasteiger partial charge in [-0.1, -0.05) is 0 Å². The van der Waals surface area contributed by atoms with Crippen LogP contribution in [0.15, 0.2) is 34.9 Å². The van der Waals surface area contributed by atoms with E-state index in [0.717, 1.165) is 16.5 Å². The zero-order chi connectivity index (χ0) is 22.1. The molecular formula is C23H21NO7. The number of Topliss-reactive ketones (excluding diaryl/α,β-unsaturated/α-hetero) is 1. The van der Waals surface area contributed by atoms with Crippen LogP contribution in [-0.2, 0) is 20.7 Å². The maximum absolute atomic E-state index is 12.3. The fraction of sp³-hybridized carbons (Fsp3) is 0.261. The number of ether oxygens (including phenoxy) is 3. The molecule has 8 nitrogen and oxygen atoms in total. The Bertz CT molecular complexity index is 1210. The van der Waals surface area contributed by atoms with Crippen LogP contribution >= 0.6 is 0 Å². The number of esters is 1. The minimum atomic E-state index is -0.571. The molecule has 0 aliphatic carbocycles. The Kier molecular flexibility index (Phi) is 5.37. The van der Waals surface area contributed by atoms with Crippen LogP contribution in [0.5, 0.6) is 11.5 Å². The summed E-state index contributed by atoms with van der Waals surface area (Å²) in [7, 11) is 0. The molecule has 1 amide bonds. The van der Waals surface area contributed by atoms with Gasteiger partial charge in [0.05, 0.1) is 18.4 Å². The summed E-state index contributed by atoms with van der Waals surface area (Å²) in [5.74, 6) is -0.517. The Labute approximate surface area is 178 Å². The number of rotatable bonds is 6. The number of benzene rings is 2. The van der Waals surface area contributed by atoms with Gasteiger partial charge in [0.15, 0.2) is 23.9 Å². The van der Waals surface area contributed by atoms with Crippen molar-refractivity contribution in [1.82, 2.24) is 0 Å². The Balaban J connectivity index is 1.39. The molecule has 2 heterocycles. The topological polar surface area (TPSA) is 104 Å². The van der Waals surface area contributed by atoms with Gasteiger partial charge in [0.25, 0.3) is 5.91 Å². The highest BCUT2D eigenvalue weighted by Crippen LogP contribution is 2.37. The number of ketones is 1. The molecule has 0 spiro atoms. The van der Waals surface area contributed by atoms with Gasteiger partial charge in [-0.3, -0.25) is 14.4 Å². The van der Waals surface area contributed by atoms with E-state index in [1.54, 1.807) is 0 Å². The van der Waals surface area contributed by atoms with Crippen molar-refractivity contribution in [2.75, 3.05) is 18.7 Å². The molecule has 0 saturated carbocycles. The average molecular weight is 423 g/mol. The molecule has 31 heavy (non-hydrogen) atoms. The third-order valence-electron chi connectivity index (χ3n) is 5.14. The Morgan fingerprint density at radius 2 is 1.74 bits per heavy atom. The first kappa shape index (κ1) is 20.5. The van der Waals surface area contributed by atoms with Gasteiger partial charge < -0.3 is 23.9 Å². The lowest BCUT2D eigenvalue weighted by atomic mass is 10.0. The SMILES string of the molecule is CC(=O)c1cc2c(cc1NC(=O)COC(=O)Cc1coc3cc(C)c(C)cc13)OCO2. The summed E-state index contributed by atoms with van der Waals surface area (Å²) in [5.41, 5.74) is 4.12. The van der Waals surface area contributed by atoms with Crippen LogP contribution in [0.25, 0.3) is 11.0 Å². The fourth-order valence-electron chi connectivity index (χ4n) is 3.35. The van der Waals surface area contributed by atoms with Crippen LogP contribution in [0.3, 0.4) is 0 Å². The van der Waals surface area contributed by atoms with Gasteiger partial charge in [-0.05, 0) is 50.1 Å². The lowest BCUT2D eigenvalue weighted by Gasteiger charge is -2.11. The van der Waals surface area contributed by atoms with Crippen molar-refractivity contribution in [3.63, 3.8) is 0 Å². The van der Waals surface area contributed by atoms with Crippen LogP contribution < -0.4 is 14.8 Å². The van der Waals surface area contributed by atoms with Crippen LogP contribution in [0.2, 0.25) is 0 Å². The second kappa shape index (κ2) is 8.14. The second-order valence-electron chi connectivity index (χ2n) is 7.39. The zero-order valence-electron chi connectivity index (χ0n) is 17.4. The molecule has 0 radical (unpaired) electrons. The number of amides is 1. The maximum Gasteiger partial charge on any atom is 0.310 e. The molecule has 1 aromatic heterocycles. The number of aryl methyl sites for hydroxylation is 2. The van der Waals surface area contributed by atoms with E-state index in [2.05, 4.69) is 5.32 Å². The summed E-state index contributed by atoms with van der Waals surface area (Å²) < 4.78 is 21.2. The molecule has 0 atom stereocenters. The molecule has 2 aromatic carbocycles. The molecule has 1 aliphatic heterocycles. The maximum atomic E-state index is 12.3. The van der Waals surface area contributed by atoms with Gasteiger partial charge in [0, 0.05) is 22.6 Å². The molecule has 1 N–H and O–H groups in total. The molecule has 8 heteroatoms. The van der Waals surface area contributed by atoms with E-state index in [0.29, 0.717) is 22.6 Å². The zero-order valence-corrected chi connectivity index (χ0v) is 17.4. The summed E-state index contributed by atoms with van der Waals surface area (Å²) in [6.07, 6.45) is 1.50. The summed E-state index contributed by atoms with van der Waals surface area (Å²) in [6, 6.07) is 6.91. The lowest BCUT2D eigenvalue weighted by Crippen LogP contribution is -2.22. The molecule has 0 fully saturated rings. The van der Waals surface area contributed by atoms with Crippen LogP contribution in [0.4, 0.5) is 5.69 Å². The molecule has 0 bridgehead atoms. The van der Waals surface area contributed by atoms with E-state index < -0.39 is 18.5 Å². The number of hydrogen-bond acceptors (Lipinski definition) is 7. The number of carbonyl (C=O) groups excluding carboxylic acids is 3. The van der Waals surface area contributed by atoms with Crippen molar-refractivity contribution in [2.45, 2.75) is 27.2 Å². The van der Waals surface area contributed by atoms with Crippen molar-refractivity contribution >= 4 is 34.3 Å². The third kappa shape index (κ3) is 4.23. The van der Waals surface area contributed by atoms with E-state index in [1.165, 1.54) is 25.3 Å². The molecule has 4 rings (SSSR count). The summed E-state index contributed by atoms with van der Waals surface area (Å²) in [6.45, 7) is 4.91. The highest BCUT2D eigenvalue weighted by molar-refractivity contribution is 6.05. The summed E-state index contributed by atoms with van der Waals surface area (Å²) in [4.78, 5) is 36.5. The van der Waals surface area contributed by atoms with Gasteiger partial charge in [-0.25, -0.2) is 0 Å². The predicted octanol–water partition coefficient (Wildman–Crippen LogP) is 3.71. The van der Waals surface area contributed by atoms with Crippen molar-refractivity contribution < 1.29 is 33.0 Å². The number of fused-ring (bicyclic) bond motifs is 2. The van der Waals surface area contributed by atoms with Gasteiger partial charge in [-0.2, -0.15) is 0 Å². The van der Waals surface area contributed by atoms with Crippen molar-refractivity contribution in [3.05, 3.63) is 52.8 Å². The van der Waals surface area contributed by atoms with Crippen LogP contribution in [-0.4, -0.2) is 31.1 Å². The monoisotopic (exact) mass is 423 g/mol.